The molecule has 5 heteroatoms. The number of nitrogens with zero attached hydrogens (tertiary/aromatic N) is 3. The summed E-state index contributed by atoms with van der Waals surface area (Å²) in [6, 6.07) is 9.00. The van der Waals surface area contributed by atoms with E-state index in [9.17, 15) is 9.90 Å². The van der Waals surface area contributed by atoms with Gasteiger partial charge >= 0.3 is 0 Å². The van der Waals surface area contributed by atoms with Crippen molar-refractivity contribution in [3.8, 4) is 0 Å². The number of carbonyl (C=O) groups is 1. The smallest absolute Gasteiger partial charge is 0.273 e. The molecule has 0 aliphatic carbocycles. The van der Waals surface area contributed by atoms with Gasteiger partial charge in [0.1, 0.15) is 5.69 Å². The molecule has 2 heterocycles. The molecule has 116 valence electrons. The van der Waals surface area contributed by atoms with Crippen LogP contribution in [0.5, 0.6) is 0 Å². The molecule has 0 spiro atoms. The van der Waals surface area contributed by atoms with Crippen LogP contribution in [0.4, 0.5) is 0 Å². The molecule has 5 nitrogen and oxygen atoms in total. The molecular weight excluding hydrogens is 278 g/mol. The van der Waals surface area contributed by atoms with Crippen LogP contribution in [0.2, 0.25) is 0 Å². The molecule has 2 rings (SSSR count). The molecule has 0 fully saturated rings. The molecule has 0 saturated heterocycles. The van der Waals surface area contributed by atoms with Gasteiger partial charge in [0.05, 0.1) is 24.9 Å². The lowest BCUT2D eigenvalue weighted by Crippen LogP contribution is -2.42. The zero-order chi connectivity index (χ0) is 15.9. The monoisotopic (exact) mass is 299 g/mol. The third kappa shape index (κ3) is 3.68. The maximum atomic E-state index is 12.9. The standard InChI is InChI=1S/C17H21N3O2/c1-3-15(12-21)20(11-14-8-4-5-9-18-14)17(22)16-13(2)7-6-10-19-16/h4-10,15,21H,3,11-12H2,1-2H3/t15-/m1/s1. The fourth-order valence-corrected chi connectivity index (χ4v) is 2.33. The van der Waals surface area contributed by atoms with E-state index in [0.29, 0.717) is 18.7 Å². The van der Waals surface area contributed by atoms with E-state index in [0.717, 1.165) is 11.3 Å². The van der Waals surface area contributed by atoms with Crippen LogP contribution in [0.25, 0.3) is 0 Å². The van der Waals surface area contributed by atoms with E-state index in [1.165, 1.54) is 0 Å². The van der Waals surface area contributed by atoms with Crippen LogP contribution in [0.3, 0.4) is 0 Å². The van der Waals surface area contributed by atoms with Gasteiger partial charge in [0.25, 0.3) is 5.91 Å². The van der Waals surface area contributed by atoms with Gasteiger partial charge in [-0.1, -0.05) is 19.1 Å². The summed E-state index contributed by atoms with van der Waals surface area (Å²) in [5.41, 5.74) is 2.04. The van der Waals surface area contributed by atoms with Crippen LogP contribution >= 0.6 is 0 Å². The average molecular weight is 299 g/mol. The number of amides is 1. The summed E-state index contributed by atoms with van der Waals surface area (Å²) in [4.78, 5) is 23.0. The zero-order valence-corrected chi connectivity index (χ0v) is 12.9. The lowest BCUT2D eigenvalue weighted by Gasteiger charge is -2.29. The highest BCUT2D eigenvalue weighted by atomic mass is 16.3. The van der Waals surface area contributed by atoms with E-state index in [1.807, 2.05) is 38.1 Å². The minimum atomic E-state index is -0.254. The Morgan fingerprint density at radius 3 is 2.59 bits per heavy atom. The van der Waals surface area contributed by atoms with Crippen LogP contribution < -0.4 is 0 Å². The summed E-state index contributed by atoms with van der Waals surface area (Å²) >= 11 is 0. The van der Waals surface area contributed by atoms with Crippen LogP contribution in [0.15, 0.2) is 42.7 Å². The summed E-state index contributed by atoms with van der Waals surface area (Å²) in [5.74, 6) is -0.176. The molecule has 2 aromatic rings. The van der Waals surface area contributed by atoms with Gasteiger partial charge in [-0.3, -0.25) is 14.8 Å². The van der Waals surface area contributed by atoms with Crippen LogP contribution in [0.1, 0.15) is 35.1 Å². The first-order chi connectivity index (χ1) is 10.7. The molecule has 22 heavy (non-hydrogen) atoms. The number of pyridine rings is 2. The number of aliphatic hydroxyl groups is 1. The lowest BCUT2D eigenvalue weighted by atomic mass is 10.1. The highest BCUT2D eigenvalue weighted by Gasteiger charge is 2.25. The number of aromatic nitrogens is 2. The summed E-state index contributed by atoms with van der Waals surface area (Å²) in [6.45, 7) is 4.08. The minimum Gasteiger partial charge on any atom is -0.394 e. The van der Waals surface area contributed by atoms with Crippen molar-refractivity contribution in [1.29, 1.82) is 0 Å². The second-order valence-electron chi connectivity index (χ2n) is 5.17. The number of carbonyl (C=O) groups excluding carboxylic acids is 1. The van der Waals surface area contributed by atoms with Crippen LogP contribution in [-0.2, 0) is 6.54 Å². The Hall–Kier alpha value is -2.27. The Morgan fingerprint density at radius 2 is 2.00 bits per heavy atom. The van der Waals surface area contributed by atoms with E-state index >= 15 is 0 Å². The van der Waals surface area contributed by atoms with Crippen molar-refractivity contribution >= 4 is 5.91 Å². The first kappa shape index (κ1) is 16.1. The molecule has 0 bridgehead atoms. The molecule has 0 aliphatic heterocycles. The Labute approximate surface area is 130 Å². The molecule has 0 aliphatic rings. The SMILES string of the molecule is CC[C@H](CO)N(Cc1ccccn1)C(=O)c1ncccc1C. The summed E-state index contributed by atoms with van der Waals surface area (Å²) < 4.78 is 0. The van der Waals surface area contributed by atoms with Gasteiger partial charge < -0.3 is 10.0 Å². The second-order valence-corrected chi connectivity index (χ2v) is 5.17. The summed E-state index contributed by atoms with van der Waals surface area (Å²) in [6.07, 6.45) is 3.98. The van der Waals surface area contributed by atoms with Gasteiger partial charge in [-0.25, -0.2) is 0 Å². The van der Waals surface area contributed by atoms with E-state index in [2.05, 4.69) is 9.97 Å². The molecule has 2 aromatic heterocycles. The van der Waals surface area contributed by atoms with E-state index in [1.54, 1.807) is 23.4 Å². The van der Waals surface area contributed by atoms with Crippen LogP contribution in [-0.4, -0.2) is 38.5 Å². The molecule has 0 unspecified atom stereocenters. The van der Waals surface area contributed by atoms with Crippen molar-refractivity contribution in [1.82, 2.24) is 14.9 Å². The van der Waals surface area contributed by atoms with Gasteiger partial charge in [-0.05, 0) is 37.1 Å². The molecule has 0 aromatic carbocycles. The fraction of sp³-hybridized carbons (Fsp3) is 0.353. The first-order valence-corrected chi connectivity index (χ1v) is 7.40. The van der Waals surface area contributed by atoms with E-state index in [-0.39, 0.29) is 18.6 Å². The molecule has 1 amide bonds. The summed E-state index contributed by atoms with van der Waals surface area (Å²) in [7, 11) is 0. The van der Waals surface area contributed by atoms with Crippen LogP contribution in [0, 0.1) is 6.92 Å². The fourth-order valence-electron chi connectivity index (χ4n) is 2.33. The van der Waals surface area contributed by atoms with E-state index in [4.69, 9.17) is 0 Å². The molecular formula is C17H21N3O2. The number of aliphatic hydroxyl groups excluding tert-OH is 1. The molecule has 0 radical (unpaired) electrons. The molecule has 1 N–H and O–H groups in total. The van der Waals surface area contributed by atoms with Crippen molar-refractivity contribution < 1.29 is 9.90 Å². The Kier molecular flexibility index (Phi) is 5.61. The Bertz CT molecular complexity index is 612. The number of hydrogen-bond acceptors (Lipinski definition) is 4. The van der Waals surface area contributed by atoms with Crippen molar-refractivity contribution in [2.75, 3.05) is 6.61 Å². The van der Waals surface area contributed by atoms with Gasteiger partial charge in [-0.2, -0.15) is 0 Å². The normalized spacial score (nSPS) is 12.0. The number of rotatable bonds is 6. The topological polar surface area (TPSA) is 66.3 Å². The van der Waals surface area contributed by atoms with Gasteiger partial charge in [0.2, 0.25) is 0 Å². The maximum absolute atomic E-state index is 12.9. The van der Waals surface area contributed by atoms with Gasteiger partial charge in [0, 0.05) is 12.4 Å². The van der Waals surface area contributed by atoms with Crippen molar-refractivity contribution in [3.05, 3.63) is 59.7 Å². The second kappa shape index (κ2) is 7.66. The Morgan fingerprint density at radius 1 is 1.23 bits per heavy atom. The van der Waals surface area contributed by atoms with Gasteiger partial charge in [-0.15, -0.1) is 0 Å². The maximum Gasteiger partial charge on any atom is 0.273 e. The summed E-state index contributed by atoms with van der Waals surface area (Å²) in [5, 5.41) is 9.60. The molecule has 1 atom stereocenters. The van der Waals surface area contributed by atoms with Crippen molar-refractivity contribution in [3.63, 3.8) is 0 Å². The third-order valence-electron chi connectivity index (χ3n) is 3.65. The first-order valence-electron chi connectivity index (χ1n) is 7.40. The largest absolute Gasteiger partial charge is 0.394 e. The van der Waals surface area contributed by atoms with E-state index < -0.39 is 0 Å². The zero-order valence-electron chi connectivity index (χ0n) is 12.9. The predicted octanol–water partition coefficient (Wildman–Crippen LogP) is 2.20. The highest BCUT2D eigenvalue weighted by Crippen LogP contribution is 2.15. The quantitative estimate of drug-likeness (QED) is 0.888. The van der Waals surface area contributed by atoms with Crippen molar-refractivity contribution in [2.45, 2.75) is 32.9 Å². The van der Waals surface area contributed by atoms with Crippen molar-refractivity contribution in [2.24, 2.45) is 0 Å². The van der Waals surface area contributed by atoms with Gasteiger partial charge in [0.15, 0.2) is 0 Å². The lowest BCUT2D eigenvalue weighted by molar-refractivity contribution is 0.0553. The Balaban J connectivity index is 2.32. The predicted molar refractivity (Wildman–Crippen MR) is 84.2 cm³/mol. The molecule has 0 saturated carbocycles. The number of aryl methyl sites for hydroxylation is 1. The third-order valence-corrected chi connectivity index (χ3v) is 3.65. The highest BCUT2D eigenvalue weighted by molar-refractivity contribution is 5.93. The average Bonchev–Trinajstić information content (AvgIpc) is 2.56. The number of hydrogen-bond donors (Lipinski definition) is 1. The minimum absolute atomic E-state index is 0.0824.